The average Bonchev–Trinajstić information content (AvgIpc) is 2.98. The van der Waals surface area contributed by atoms with Crippen molar-refractivity contribution >= 4 is 33.6 Å². The SMILES string of the molecule is CNCC1CCCN1C(=O)CCNC(=O)Nc1ccc(Br)cc1. The van der Waals surface area contributed by atoms with Gasteiger partial charge in [-0.05, 0) is 44.2 Å². The minimum absolute atomic E-state index is 0.103. The largest absolute Gasteiger partial charge is 0.338 e. The molecule has 3 N–H and O–H groups in total. The van der Waals surface area contributed by atoms with Gasteiger partial charge in [0, 0.05) is 42.3 Å². The second-order valence-corrected chi connectivity index (χ2v) is 6.49. The molecule has 0 aromatic heterocycles. The number of likely N-dealkylation sites (tertiary alicyclic amines) is 1. The Morgan fingerprint density at radius 3 is 2.74 bits per heavy atom. The molecule has 3 amide bonds. The van der Waals surface area contributed by atoms with Gasteiger partial charge in [0.25, 0.3) is 0 Å². The Labute approximate surface area is 145 Å². The first-order chi connectivity index (χ1) is 11.1. The van der Waals surface area contributed by atoms with Gasteiger partial charge in [0.2, 0.25) is 5.91 Å². The lowest BCUT2D eigenvalue weighted by atomic mass is 10.2. The van der Waals surface area contributed by atoms with E-state index < -0.39 is 0 Å². The number of nitrogens with zero attached hydrogens (tertiary/aromatic N) is 1. The lowest BCUT2D eigenvalue weighted by Gasteiger charge is -2.24. The maximum atomic E-state index is 12.2. The summed E-state index contributed by atoms with van der Waals surface area (Å²) in [7, 11) is 1.90. The van der Waals surface area contributed by atoms with E-state index in [0.717, 1.165) is 30.4 Å². The molecule has 0 spiro atoms. The standard InChI is InChI=1S/C16H23BrN4O2/c1-18-11-14-3-2-10-21(14)15(22)8-9-19-16(23)20-13-6-4-12(17)5-7-13/h4-7,14,18H,2-3,8-11H2,1H3,(H2,19,20,23). The third-order valence-corrected chi connectivity index (χ3v) is 4.39. The number of rotatable bonds is 6. The summed E-state index contributed by atoms with van der Waals surface area (Å²) >= 11 is 3.34. The Balaban J connectivity index is 1.70. The Morgan fingerprint density at radius 1 is 1.30 bits per heavy atom. The zero-order valence-electron chi connectivity index (χ0n) is 13.3. The molecule has 1 aliphatic heterocycles. The molecule has 1 heterocycles. The molecule has 1 atom stereocenters. The topological polar surface area (TPSA) is 73.5 Å². The van der Waals surface area contributed by atoms with Crippen LogP contribution in [0, 0.1) is 0 Å². The predicted octanol–water partition coefficient (Wildman–Crippen LogP) is 2.17. The van der Waals surface area contributed by atoms with Gasteiger partial charge in [-0.2, -0.15) is 0 Å². The van der Waals surface area contributed by atoms with E-state index in [1.165, 1.54) is 0 Å². The predicted molar refractivity (Wildman–Crippen MR) is 94.4 cm³/mol. The van der Waals surface area contributed by atoms with Gasteiger partial charge >= 0.3 is 6.03 Å². The first kappa shape index (κ1) is 17.7. The smallest absolute Gasteiger partial charge is 0.319 e. The number of hydrogen-bond donors (Lipinski definition) is 3. The number of halogens is 1. The summed E-state index contributed by atoms with van der Waals surface area (Å²) in [6, 6.07) is 7.31. The molecule has 1 aromatic rings. The van der Waals surface area contributed by atoms with Gasteiger partial charge in [-0.15, -0.1) is 0 Å². The first-order valence-electron chi connectivity index (χ1n) is 7.84. The highest BCUT2D eigenvalue weighted by Gasteiger charge is 2.27. The van der Waals surface area contributed by atoms with Gasteiger partial charge < -0.3 is 20.9 Å². The third-order valence-electron chi connectivity index (χ3n) is 3.86. The summed E-state index contributed by atoms with van der Waals surface area (Å²) in [5, 5.41) is 8.58. The Bertz CT molecular complexity index is 535. The molecule has 0 bridgehead atoms. The molecule has 0 radical (unpaired) electrons. The van der Waals surface area contributed by atoms with E-state index >= 15 is 0 Å². The van der Waals surface area contributed by atoms with E-state index in [0.29, 0.717) is 18.7 Å². The van der Waals surface area contributed by atoms with Crippen LogP contribution in [0.4, 0.5) is 10.5 Å². The molecule has 0 aliphatic carbocycles. The number of amides is 3. The van der Waals surface area contributed by atoms with Crippen molar-refractivity contribution in [1.29, 1.82) is 0 Å². The van der Waals surface area contributed by atoms with Crippen molar-refractivity contribution in [3.8, 4) is 0 Å². The van der Waals surface area contributed by atoms with E-state index in [1.807, 2.05) is 24.1 Å². The number of carbonyl (C=O) groups is 2. The Kier molecular flexibility index (Phi) is 6.85. The second kappa shape index (κ2) is 8.88. The van der Waals surface area contributed by atoms with Crippen molar-refractivity contribution in [3.63, 3.8) is 0 Å². The summed E-state index contributed by atoms with van der Waals surface area (Å²) in [6.07, 6.45) is 2.42. The highest BCUT2D eigenvalue weighted by molar-refractivity contribution is 9.10. The van der Waals surface area contributed by atoms with E-state index in [9.17, 15) is 9.59 Å². The fourth-order valence-electron chi connectivity index (χ4n) is 2.75. The number of hydrogen-bond acceptors (Lipinski definition) is 3. The molecule has 1 fully saturated rings. The maximum Gasteiger partial charge on any atom is 0.319 e. The lowest BCUT2D eigenvalue weighted by Crippen LogP contribution is -2.42. The highest BCUT2D eigenvalue weighted by atomic mass is 79.9. The number of benzene rings is 1. The summed E-state index contributed by atoms with van der Waals surface area (Å²) in [5.41, 5.74) is 0.714. The number of carbonyl (C=O) groups excluding carboxylic acids is 2. The first-order valence-corrected chi connectivity index (χ1v) is 8.64. The molecule has 7 heteroatoms. The van der Waals surface area contributed by atoms with Crippen LogP contribution in [-0.2, 0) is 4.79 Å². The van der Waals surface area contributed by atoms with Gasteiger partial charge in [0.15, 0.2) is 0 Å². The van der Waals surface area contributed by atoms with Gasteiger partial charge in [-0.25, -0.2) is 4.79 Å². The van der Waals surface area contributed by atoms with Gasteiger partial charge in [-0.1, -0.05) is 15.9 Å². The maximum absolute atomic E-state index is 12.2. The molecule has 0 saturated carbocycles. The molecular formula is C16H23BrN4O2. The Morgan fingerprint density at radius 2 is 2.04 bits per heavy atom. The number of urea groups is 1. The van der Waals surface area contributed by atoms with E-state index in [4.69, 9.17) is 0 Å². The van der Waals surface area contributed by atoms with Crippen LogP contribution in [0.1, 0.15) is 19.3 Å². The van der Waals surface area contributed by atoms with Crippen molar-refractivity contribution in [2.24, 2.45) is 0 Å². The second-order valence-electron chi connectivity index (χ2n) is 5.58. The molecule has 126 valence electrons. The molecule has 6 nitrogen and oxygen atoms in total. The normalized spacial score (nSPS) is 17.1. The summed E-state index contributed by atoms with van der Waals surface area (Å²) in [5.74, 6) is 0.103. The summed E-state index contributed by atoms with van der Waals surface area (Å²) in [4.78, 5) is 25.9. The zero-order valence-corrected chi connectivity index (χ0v) is 14.9. The summed E-state index contributed by atoms with van der Waals surface area (Å²) in [6.45, 7) is 1.98. The molecule has 1 saturated heterocycles. The fourth-order valence-corrected chi connectivity index (χ4v) is 3.01. The van der Waals surface area contributed by atoms with E-state index in [2.05, 4.69) is 31.9 Å². The number of anilines is 1. The molecule has 2 rings (SSSR count). The molecule has 23 heavy (non-hydrogen) atoms. The molecule has 1 aromatic carbocycles. The lowest BCUT2D eigenvalue weighted by molar-refractivity contribution is -0.131. The van der Waals surface area contributed by atoms with Crippen LogP contribution < -0.4 is 16.0 Å². The van der Waals surface area contributed by atoms with Gasteiger partial charge in [0.1, 0.15) is 0 Å². The van der Waals surface area contributed by atoms with Crippen LogP contribution in [0.5, 0.6) is 0 Å². The van der Waals surface area contributed by atoms with Crippen LogP contribution in [0.25, 0.3) is 0 Å². The number of nitrogens with one attached hydrogen (secondary N) is 3. The average molecular weight is 383 g/mol. The van der Waals surface area contributed by atoms with Gasteiger partial charge in [0.05, 0.1) is 0 Å². The number of likely N-dealkylation sites (N-methyl/N-ethyl adjacent to an activating group) is 1. The van der Waals surface area contributed by atoms with Crippen LogP contribution in [0.3, 0.4) is 0 Å². The minimum atomic E-state index is -0.298. The Hall–Kier alpha value is -1.60. The van der Waals surface area contributed by atoms with Crippen LogP contribution in [0.2, 0.25) is 0 Å². The molecule has 1 aliphatic rings. The van der Waals surface area contributed by atoms with Crippen molar-refractivity contribution in [2.75, 3.05) is 32.0 Å². The fraction of sp³-hybridized carbons (Fsp3) is 0.500. The van der Waals surface area contributed by atoms with Gasteiger partial charge in [-0.3, -0.25) is 4.79 Å². The van der Waals surface area contributed by atoms with E-state index in [-0.39, 0.29) is 18.0 Å². The van der Waals surface area contributed by atoms with Crippen molar-refractivity contribution in [3.05, 3.63) is 28.7 Å². The van der Waals surface area contributed by atoms with Crippen molar-refractivity contribution < 1.29 is 9.59 Å². The van der Waals surface area contributed by atoms with Crippen LogP contribution in [-0.4, -0.2) is 49.6 Å². The van der Waals surface area contributed by atoms with Crippen molar-refractivity contribution in [1.82, 2.24) is 15.5 Å². The monoisotopic (exact) mass is 382 g/mol. The molecular weight excluding hydrogens is 360 g/mol. The highest BCUT2D eigenvalue weighted by Crippen LogP contribution is 2.17. The van der Waals surface area contributed by atoms with E-state index in [1.54, 1.807) is 12.1 Å². The third kappa shape index (κ3) is 5.51. The minimum Gasteiger partial charge on any atom is -0.338 e. The zero-order chi connectivity index (χ0) is 16.7. The quantitative estimate of drug-likeness (QED) is 0.705. The van der Waals surface area contributed by atoms with Crippen LogP contribution in [0.15, 0.2) is 28.7 Å². The van der Waals surface area contributed by atoms with Crippen LogP contribution >= 0.6 is 15.9 Å². The van der Waals surface area contributed by atoms with Crippen molar-refractivity contribution in [2.45, 2.75) is 25.3 Å². The summed E-state index contributed by atoms with van der Waals surface area (Å²) < 4.78 is 0.954. The molecule has 1 unspecified atom stereocenters.